The molecular formula is C12H17BrN2O2S. The molecule has 100 valence electrons. The number of hydrogen-bond acceptors (Lipinski definition) is 4. The standard InChI is InChI=1S/C12H17BrN2O2S/c1-15(10-5-6-18(16,17)8-10)7-9-3-2-4-11(14)12(9)13/h2-4,10H,5-8,14H2,1H3. The van der Waals surface area contributed by atoms with Crippen LogP contribution in [0.3, 0.4) is 0 Å². The molecular weight excluding hydrogens is 316 g/mol. The van der Waals surface area contributed by atoms with Crippen molar-refractivity contribution in [1.82, 2.24) is 4.90 Å². The van der Waals surface area contributed by atoms with Crippen molar-refractivity contribution in [2.24, 2.45) is 0 Å². The van der Waals surface area contributed by atoms with Gasteiger partial charge in [-0.15, -0.1) is 0 Å². The summed E-state index contributed by atoms with van der Waals surface area (Å²) in [4.78, 5) is 2.09. The fraction of sp³-hybridized carbons (Fsp3) is 0.500. The van der Waals surface area contributed by atoms with Crippen LogP contribution in [-0.4, -0.2) is 37.9 Å². The number of hydrogen-bond donors (Lipinski definition) is 1. The summed E-state index contributed by atoms with van der Waals surface area (Å²) in [5, 5.41) is 0. The molecule has 0 aromatic heterocycles. The molecule has 0 aliphatic carbocycles. The first-order valence-electron chi connectivity index (χ1n) is 5.82. The third-order valence-corrected chi connectivity index (χ3v) is 6.08. The Morgan fingerprint density at radius 3 is 2.83 bits per heavy atom. The van der Waals surface area contributed by atoms with Gasteiger partial charge in [-0.3, -0.25) is 4.90 Å². The van der Waals surface area contributed by atoms with Crippen LogP contribution in [0.5, 0.6) is 0 Å². The van der Waals surface area contributed by atoms with E-state index in [0.29, 0.717) is 18.0 Å². The number of nitrogens with zero attached hydrogens (tertiary/aromatic N) is 1. The Hall–Kier alpha value is -0.590. The van der Waals surface area contributed by atoms with E-state index >= 15 is 0 Å². The molecule has 1 aliphatic heterocycles. The first kappa shape index (κ1) is 13.8. The maximum absolute atomic E-state index is 11.5. The van der Waals surface area contributed by atoms with Gasteiger partial charge in [0.2, 0.25) is 0 Å². The minimum absolute atomic E-state index is 0.114. The van der Waals surface area contributed by atoms with Crippen LogP contribution in [0, 0.1) is 0 Å². The van der Waals surface area contributed by atoms with Crippen LogP contribution in [0.4, 0.5) is 5.69 Å². The molecule has 0 bridgehead atoms. The van der Waals surface area contributed by atoms with Crippen molar-refractivity contribution in [2.45, 2.75) is 19.0 Å². The lowest BCUT2D eigenvalue weighted by Crippen LogP contribution is -2.32. The third kappa shape index (κ3) is 3.05. The zero-order valence-electron chi connectivity index (χ0n) is 10.3. The second-order valence-corrected chi connectivity index (χ2v) is 7.81. The molecule has 1 atom stereocenters. The van der Waals surface area contributed by atoms with E-state index in [1.165, 1.54) is 0 Å². The van der Waals surface area contributed by atoms with E-state index in [1.54, 1.807) is 0 Å². The highest BCUT2D eigenvalue weighted by molar-refractivity contribution is 9.10. The Labute approximate surface area is 116 Å². The molecule has 2 N–H and O–H groups in total. The van der Waals surface area contributed by atoms with Crippen LogP contribution in [0.2, 0.25) is 0 Å². The van der Waals surface area contributed by atoms with Crippen molar-refractivity contribution < 1.29 is 8.42 Å². The van der Waals surface area contributed by atoms with Crippen LogP contribution < -0.4 is 5.73 Å². The second-order valence-electron chi connectivity index (χ2n) is 4.79. The van der Waals surface area contributed by atoms with Crippen molar-refractivity contribution in [3.63, 3.8) is 0 Å². The van der Waals surface area contributed by atoms with Crippen molar-refractivity contribution in [3.05, 3.63) is 28.2 Å². The normalized spacial score (nSPS) is 22.5. The van der Waals surface area contributed by atoms with E-state index in [2.05, 4.69) is 20.8 Å². The molecule has 1 heterocycles. The smallest absolute Gasteiger partial charge is 0.151 e. The molecule has 1 aromatic carbocycles. The lowest BCUT2D eigenvalue weighted by Gasteiger charge is -2.23. The van der Waals surface area contributed by atoms with Gasteiger partial charge in [-0.05, 0) is 41.0 Å². The largest absolute Gasteiger partial charge is 0.398 e. The number of sulfone groups is 1. The first-order valence-corrected chi connectivity index (χ1v) is 8.44. The summed E-state index contributed by atoms with van der Waals surface area (Å²) in [7, 11) is -0.870. The van der Waals surface area contributed by atoms with E-state index < -0.39 is 9.84 Å². The minimum Gasteiger partial charge on any atom is -0.398 e. The van der Waals surface area contributed by atoms with Gasteiger partial charge in [-0.1, -0.05) is 12.1 Å². The van der Waals surface area contributed by atoms with Crippen molar-refractivity contribution in [2.75, 3.05) is 24.3 Å². The zero-order valence-corrected chi connectivity index (χ0v) is 12.7. The maximum atomic E-state index is 11.5. The first-order chi connectivity index (χ1) is 8.39. The van der Waals surface area contributed by atoms with E-state index in [0.717, 1.165) is 16.5 Å². The number of halogens is 1. The second kappa shape index (κ2) is 5.19. The van der Waals surface area contributed by atoms with Crippen LogP contribution in [0.25, 0.3) is 0 Å². The molecule has 6 heteroatoms. The SMILES string of the molecule is CN(Cc1cccc(N)c1Br)C1CCS(=O)(=O)C1. The number of nitrogen functional groups attached to an aromatic ring is 1. The summed E-state index contributed by atoms with van der Waals surface area (Å²) in [6, 6.07) is 5.87. The predicted molar refractivity (Wildman–Crippen MR) is 77.1 cm³/mol. The molecule has 2 rings (SSSR count). The van der Waals surface area contributed by atoms with E-state index in [9.17, 15) is 8.42 Å². The fourth-order valence-electron chi connectivity index (χ4n) is 2.24. The van der Waals surface area contributed by atoms with Crippen LogP contribution in [0.15, 0.2) is 22.7 Å². The molecule has 0 amide bonds. The van der Waals surface area contributed by atoms with Crippen LogP contribution in [0.1, 0.15) is 12.0 Å². The molecule has 18 heavy (non-hydrogen) atoms. The lowest BCUT2D eigenvalue weighted by atomic mass is 10.1. The molecule has 4 nitrogen and oxygen atoms in total. The average molecular weight is 333 g/mol. The lowest BCUT2D eigenvalue weighted by molar-refractivity contribution is 0.253. The third-order valence-electron chi connectivity index (χ3n) is 3.36. The van der Waals surface area contributed by atoms with Gasteiger partial charge in [0.25, 0.3) is 0 Å². The topological polar surface area (TPSA) is 63.4 Å². The molecule has 0 spiro atoms. The average Bonchev–Trinajstić information content (AvgIpc) is 2.65. The highest BCUT2D eigenvalue weighted by Gasteiger charge is 2.30. The summed E-state index contributed by atoms with van der Waals surface area (Å²) in [5.74, 6) is 0.573. The summed E-state index contributed by atoms with van der Waals surface area (Å²) >= 11 is 3.47. The fourth-order valence-corrected chi connectivity index (χ4v) is 4.44. The van der Waals surface area contributed by atoms with Gasteiger partial charge in [0.15, 0.2) is 9.84 Å². The van der Waals surface area contributed by atoms with Crippen molar-refractivity contribution in [3.8, 4) is 0 Å². The van der Waals surface area contributed by atoms with Gasteiger partial charge in [0, 0.05) is 22.7 Å². The van der Waals surface area contributed by atoms with Gasteiger partial charge in [0.05, 0.1) is 11.5 Å². The quantitative estimate of drug-likeness (QED) is 0.855. The summed E-state index contributed by atoms with van der Waals surface area (Å²) in [5.41, 5.74) is 7.62. The summed E-state index contributed by atoms with van der Waals surface area (Å²) in [6.45, 7) is 0.700. The summed E-state index contributed by atoms with van der Waals surface area (Å²) < 4.78 is 23.8. The Morgan fingerprint density at radius 1 is 1.50 bits per heavy atom. The van der Waals surface area contributed by atoms with E-state index in [1.807, 2.05) is 25.2 Å². The molecule has 1 fully saturated rings. The Morgan fingerprint density at radius 2 is 2.22 bits per heavy atom. The van der Waals surface area contributed by atoms with Gasteiger partial charge in [-0.25, -0.2) is 8.42 Å². The highest BCUT2D eigenvalue weighted by atomic mass is 79.9. The van der Waals surface area contributed by atoms with Gasteiger partial charge in [0.1, 0.15) is 0 Å². The maximum Gasteiger partial charge on any atom is 0.151 e. The predicted octanol–water partition coefficient (Wildman–Crippen LogP) is 1.65. The van der Waals surface area contributed by atoms with Crippen LogP contribution in [-0.2, 0) is 16.4 Å². The van der Waals surface area contributed by atoms with E-state index in [-0.39, 0.29) is 11.8 Å². The van der Waals surface area contributed by atoms with Gasteiger partial charge < -0.3 is 5.73 Å². The number of rotatable bonds is 3. The molecule has 1 saturated heterocycles. The molecule has 1 unspecified atom stereocenters. The Kier molecular flexibility index (Phi) is 3.99. The monoisotopic (exact) mass is 332 g/mol. The molecule has 1 aromatic rings. The number of anilines is 1. The minimum atomic E-state index is -2.83. The number of nitrogens with two attached hydrogens (primary N) is 1. The van der Waals surface area contributed by atoms with Crippen molar-refractivity contribution >= 4 is 31.5 Å². The summed E-state index contributed by atoms with van der Waals surface area (Å²) in [6.07, 6.45) is 0.721. The Balaban J connectivity index is 2.08. The molecule has 0 saturated carbocycles. The van der Waals surface area contributed by atoms with E-state index in [4.69, 9.17) is 5.73 Å². The zero-order chi connectivity index (χ0) is 13.3. The number of benzene rings is 1. The van der Waals surface area contributed by atoms with Crippen molar-refractivity contribution in [1.29, 1.82) is 0 Å². The van der Waals surface area contributed by atoms with Gasteiger partial charge in [-0.2, -0.15) is 0 Å². The Bertz CT molecular complexity index is 545. The molecule has 0 radical (unpaired) electrons. The molecule has 1 aliphatic rings. The van der Waals surface area contributed by atoms with Crippen LogP contribution >= 0.6 is 15.9 Å². The van der Waals surface area contributed by atoms with Gasteiger partial charge >= 0.3 is 0 Å². The highest BCUT2D eigenvalue weighted by Crippen LogP contribution is 2.26.